The van der Waals surface area contributed by atoms with Crippen LogP contribution in [0, 0.1) is 0 Å². The van der Waals surface area contributed by atoms with Gasteiger partial charge in [0.1, 0.15) is 5.52 Å². The van der Waals surface area contributed by atoms with Gasteiger partial charge in [-0.05, 0) is 23.6 Å². The Labute approximate surface area is 138 Å². The van der Waals surface area contributed by atoms with E-state index < -0.39 is 0 Å². The Morgan fingerprint density at radius 3 is 2.62 bits per heavy atom. The molecule has 0 aliphatic heterocycles. The van der Waals surface area contributed by atoms with Crippen molar-refractivity contribution in [1.29, 1.82) is 0 Å². The van der Waals surface area contributed by atoms with E-state index in [2.05, 4.69) is 10.3 Å². The second-order valence-electron chi connectivity index (χ2n) is 5.57. The third kappa shape index (κ3) is 3.48. The number of benzene rings is 2. The minimum Gasteiger partial charge on any atom is -0.442 e. The van der Waals surface area contributed by atoms with Crippen LogP contribution in [0.3, 0.4) is 0 Å². The zero-order valence-corrected chi connectivity index (χ0v) is 13.3. The molecule has 0 radical (unpaired) electrons. The van der Waals surface area contributed by atoms with E-state index in [1.54, 1.807) is 24.3 Å². The largest absolute Gasteiger partial charge is 0.442 e. The lowest BCUT2D eigenvalue weighted by atomic mass is 9.98. The molecule has 0 amide bonds. The van der Waals surface area contributed by atoms with Crippen LogP contribution in [0.1, 0.15) is 24.8 Å². The number of carbonyl (C=O) groups excluding carboxylic acids is 1. The van der Waals surface area contributed by atoms with Gasteiger partial charge in [-0.3, -0.25) is 9.59 Å². The Hall–Kier alpha value is -3.02. The SMILES string of the molecule is CC(CC(=O)OCn1nnc2ccccc2c1=O)c1ccccc1. The van der Waals surface area contributed by atoms with Crippen molar-refractivity contribution in [2.75, 3.05) is 0 Å². The van der Waals surface area contributed by atoms with Gasteiger partial charge in [-0.1, -0.05) is 54.6 Å². The van der Waals surface area contributed by atoms with Crippen molar-refractivity contribution in [3.05, 3.63) is 70.5 Å². The molecule has 122 valence electrons. The molecule has 0 aliphatic rings. The maximum Gasteiger partial charge on any atom is 0.308 e. The van der Waals surface area contributed by atoms with Crippen molar-refractivity contribution >= 4 is 16.9 Å². The molecular weight excluding hydrogens is 306 g/mol. The predicted octanol–water partition coefficient (Wildman–Crippen LogP) is 2.49. The monoisotopic (exact) mass is 323 g/mol. The third-order valence-corrected chi connectivity index (χ3v) is 3.82. The topological polar surface area (TPSA) is 74.1 Å². The second-order valence-corrected chi connectivity index (χ2v) is 5.57. The van der Waals surface area contributed by atoms with Gasteiger partial charge in [-0.2, -0.15) is 4.68 Å². The number of nitrogens with zero attached hydrogens (tertiary/aromatic N) is 3. The smallest absolute Gasteiger partial charge is 0.308 e. The summed E-state index contributed by atoms with van der Waals surface area (Å²) in [6, 6.07) is 16.6. The lowest BCUT2D eigenvalue weighted by Gasteiger charge is -2.11. The Morgan fingerprint density at radius 2 is 1.83 bits per heavy atom. The van der Waals surface area contributed by atoms with Crippen molar-refractivity contribution in [1.82, 2.24) is 15.0 Å². The fourth-order valence-electron chi connectivity index (χ4n) is 2.45. The highest BCUT2D eigenvalue weighted by Gasteiger charge is 2.13. The summed E-state index contributed by atoms with van der Waals surface area (Å²) < 4.78 is 6.22. The molecule has 1 atom stereocenters. The normalized spacial score (nSPS) is 12.0. The van der Waals surface area contributed by atoms with Crippen LogP contribution in [0.4, 0.5) is 0 Å². The fourth-order valence-corrected chi connectivity index (χ4v) is 2.45. The maximum atomic E-state index is 12.3. The third-order valence-electron chi connectivity index (χ3n) is 3.82. The number of esters is 1. The van der Waals surface area contributed by atoms with Gasteiger partial charge in [0.25, 0.3) is 5.56 Å². The molecule has 0 fully saturated rings. The highest BCUT2D eigenvalue weighted by molar-refractivity contribution is 5.76. The van der Waals surface area contributed by atoms with Crippen molar-refractivity contribution < 1.29 is 9.53 Å². The van der Waals surface area contributed by atoms with E-state index in [4.69, 9.17) is 4.74 Å². The zero-order valence-electron chi connectivity index (χ0n) is 13.3. The van der Waals surface area contributed by atoms with Crippen LogP contribution in [0.25, 0.3) is 10.9 Å². The van der Waals surface area contributed by atoms with E-state index in [1.165, 1.54) is 0 Å². The number of hydrogen-bond donors (Lipinski definition) is 0. The number of carbonyl (C=O) groups is 1. The molecule has 1 aromatic heterocycles. The van der Waals surface area contributed by atoms with Crippen molar-refractivity contribution in [2.45, 2.75) is 26.0 Å². The van der Waals surface area contributed by atoms with Crippen LogP contribution in [0.2, 0.25) is 0 Å². The van der Waals surface area contributed by atoms with Gasteiger partial charge in [0.2, 0.25) is 0 Å². The first-order valence-corrected chi connectivity index (χ1v) is 7.68. The fraction of sp³-hybridized carbons (Fsp3) is 0.222. The summed E-state index contributed by atoms with van der Waals surface area (Å²) in [6.45, 7) is 1.72. The second kappa shape index (κ2) is 7.04. The summed E-state index contributed by atoms with van der Waals surface area (Å²) in [5.74, 6) is -0.341. The van der Waals surface area contributed by atoms with Gasteiger partial charge in [0, 0.05) is 0 Å². The maximum absolute atomic E-state index is 12.3. The summed E-state index contributed by atoms with van der Waals surface area (Å²) >= 11 is 0. The van der Waals surface area contributed by atoms with E-state index in [9.17, 15) is 9.59 Å². The Balaban J connectivity index is 1.64. The number of ether oxygens (including phenoxy) is 1. The standard InChI is InChI=1S/C18H17N3O3/c1-13(14-7-3-2-4-8-14)11-17(22)24-12-21-18(23)15-9-5-6-10-16(15)19-20-21/h2-10,13H,11-12H2,1H3. The van der Waals surface area contributed by atoms with Gasteiger partial charge in [0.05, 0.1) is 11.8 Å². The van der Waals surface area contributed by atoms with Crippen LogP contribution >= 0.6 is 0 Å². The van der Waals surface area contributed by atoms with Gasteiger partial charge in [-0.15, -0.1) is 5.10 Å². The molecule has 1 unspecified atom stereocenters. The zero-order chi connectivity index (χ0) is 16.9. The van der Waals surface area contributed by atoms with Gasteiger partial charge in [-0.25, -0.2) is 0 Å². The lowest BCUT2D eigenvalue weighted by Crippen LogP contribution is -2.26. The van der Waals surface area contributed by atoms with Crippen LogP contribution in [-0.2, 0) is 16.3 Å². The summed E-state index contributed by atoms with van der Waals surface area (Å²) in [4.78, 5) is 24.2. The molecule has 24 heavy (non-hydrogen) atoms. The number of fused-ring (bicyclic) bond motifs is 1. The van der Waals surface area contributed by atoms with E-state index in [1.807, 2.05) is 37.3 Å². The molecule has 3 aromatic rings. The van der Waals surface area contributed by atoms with E-state index in [-0.39, 0.29) is 30.6 Å². The minimum atomic E-state index is -0.381. The van der Waals surface area contributed by atoms with E-state index in [0.717, 1.165) is 10.2 Å². The van der Waals surface area contributed by atoms with Crippen LogP contribution in [-0.4, -0.2) is 21.0 Å². The molecule has 0 spiro atoms. The lowest BCUT2D eigenvalue weighted by molar-refractivity contribution is -0.148. The first-order valence-electron chi connectivity index (χ1n) is 7.68. The van der Waals surface area contributed by atoms with Gasteiger partial charge >= 0.3 is 5.97 Å². The summed E-state index contributed by atoms with van der Waals surface area (Å²) in [5.41, 5.74) is 1.25. The predicted molar refractivity (Wildman–Crippen MR) is 89.4 cm³/mol. The first kappa shape index (κ1) is 15.9. The number of hydrogen-bond acceptors (Lipinski definition) is 5. The molecule has 3 rings (SSSR count). The van der Waals surface area contributed by atoms with E-state index >= 15 is 0 Å². The average molecular weight is 323 g/mol. The minimum absolute atomic E-state index is 0.0399. The molecule has 0 saturated carbocycles. The molecule has 1 heterocycles. The van der Waals surface area contributed by atoms with Gasteiger partial charge < -0.3 is 4.74 Å². The Kier molecular flexibility index (Phi) is 4.65. The molecule has 6 nitrogen and oxygen atoms in total. The van der Waals surface area contributed by atoms with Crippen LogP contribution in [0.5, 0.6) is 0 Å². The van der Waals surface area contributed by atoms with Crippen LogP contribution in [0.15, 0.2) is 59.4 Å². The summed E-state index contributed by atoms with van der Waals surface area (Å²) in [6.07, 6.45) is 0.236. The molecular formula is C18H17N3O3. The molecule has 0 N–H and O–H groups in total. The van der Waals surface area contributed by atoms with Crippen LogP contribution < -0.4 is 5.56 Å². The van der Waals surface area contributed by atoms with Gasteiger partial charge in [0.15, 0.2) is 6.73 Å². The average Bonchev–Trinajstić information content (AvgIpc) is 2.62. The Morgan fingerprint density at radius 1 is 1.12 bits per heavy atom. The number of aromatic nitrogens is 3. The van der Waals surface area contributed by atoms with Crippen molar-refractivity contribution in [3.8, 4) is 0 Å². The highest BCUT2D eigenvalue weighted by Crippen LogP contribution is 2.18. The number of rotatable bonds is 5. The quantitative estimate of drug-likeness (QED) is 0.674. The molecule has 0 saturated heterocycles. The molecule has 6 heteroatoms. The summed E-state index contributed by atoms with van der Waals surface area (Å²) in [5, 5.41) is 8.19. The first-order chi connectivity index (χ1) is 11.6. The molecule has 0 bridgehead atoms. The highest BCUT2D eigenvalue weighted by atomic mass is 16.5. The Bertz CT molecular complexity index is 906. The molecule has 0 aliphatic carbocycles. The molecule has 2 aromatic carbocycles. The van der Waals surface area contributed by atoms with Crippen molar-refractivity contribution in [2.24, 2.45) is 0 Å². The summed E-state index contributed by atoms with van der Waals surface area (Å²) in [7, 11) is 0. The van der Waals surface area contributed by atoms with E-state index in [0.29, 0.717) is 10.9 Å². The van der Waals surface area contributed by atoms with Crippen molar-refractivity contribution in [3.63, 3.8) is 0 Å².